The minimum atomic E-state index is -0.183. The van der Waals surface area contributed by atoms with Gasteiger partial charge < -0.3 is 5.32 Å². The van der Waals surface area contributed by atoms with Gasteiger partial charge in [0.1, 0.15) is 5.88 Å². The molecule has 1 aromatic carbocycles. The van der Waals surface area contributed by atoms with Crippen molar-refractivity contribution in [1.82, 2.24) is 0 Å². The number of alkyl halides is 1. The molecule has 0 heterocycles. The molecule has 3 heteroatoms. The number of nitrogens with one attached hydrogen (secondary N) is 1. The van der Waals surface area contributed by atoms with Crippen LogP contribution in [0.3, 0.4) is 0 Å². The van der Waals surface area contributed by atoms with Crippen LogP contribution in [0.15, 0.2) is 30.3 Å². The molecule has 1 rings (SSSR count). The fraction of sp³-hybridized carbons (Fsp3) is 0.125. The highest BCUT2D eigenvalue weighted by Crippen LogP contribution is 2.04. The Kier molecular flexibility index (Phi) is 2.93. The number of para-hydroxylation sites is 1. The van der Waals surface area contributed by atoms with Crippen LogP contribution in [0.2, 0.25) is 0 Å². The van der Waals surface area contributed by atoms with E-state index < -0.39 is 0 Å². The van der Waals surface area contributed by atoms with Crippen LogP contribution in [0.25, 0.3) is 0 Å². The number of rotatable bonds is 2. The third-order valence-corrected chi connectivity index (χ3v) is 1.42. The molecule has 58 valence electrons. The summed E-state index contributed by atoms with van der Waals surface area (Å²) >= 11 is 5.29. The van der Waals surface area contributed by atoms with E-state index in [0.717, 1.165) is 5.69 Å². The summed E-state index contributed by atoms with van der Waals surface area (Å²) in [7, 11) is 0. The highest BCUT2D eigenvalue weighted by molar-refractivity contribution is 6.29. The van der Waals surface area contributed by atoms with Crippen LogP contribution in [-0.4, -0.2) is 11.8 Å². The van der Waals surface area contributed by atoms with Gasteiger partial charge in [-0.15, -0.1) is 11.6 Å². The lowest BCUT2D eigenvalue weighted by molar-refractivity contribution is -0.113. The monoisotopic (exact) mass is 175 g/mol. The molecule has 0 aromatic heterocycles. The van der Waals surface area contributed by atoms with Crippen molar-refractivity contribution in [3.63, 3.8) is 0 Å². The topological polar surface area (TPSA) is 29.1 Å². The van der Waals surface area contributed by atoms with Crippen molar-refractivity contribution in [2.45, 2.75) is 0 Å². The third kappa shape index (κ3) is 2.60. The van der Waals surface area contributed by atoms with Crippen LogP contribution >= 0.6 is 11.6 Å². The fourth-order valence-electron chi connectivity index (χ4n) is 0.716. The van der Waals surface area contributed by atoms with Crippen LogP contribution in [-0.2, 0) is 4.79 Å². The molecule has 0 aliphatic heterocycles. The Morgan fingerprint density at radius 3 is 2.55 bits per heavy atom. The molecule has 0 aliphatic carbocycles. The highest BCUT2D eigenvalue weighted by Gasteiger charge is 1.96. The Bertz CT molecular complexity index is 235. The number of carbonyl (C=O) groups is 1. The quantitative estimate of drug-likeness (QED) is 0.683. The van der Waals surface area contributed by atoms with Crippen LogP contribution in [0.4, 0.5) is 5.69 Å². The predicted octanol–water partition coefficient (Wildman–Crippen LogP) is 1.86. The Morgan fingerprint density at radius 2 is 2.00 bits per heavy atom. The molecule has 11 heavy (non-hydrogen) atoms. The van der Waals surface area contributed by atoms with E-state index in [1.54, 1.807) is 0 Å². The minimum absolute atomic E-state index is 0.00507. The summed E-state index contributed by atoms with van der Waals surface area (Å²) in [6.07, 6.45) is 0. The van der Waals surface area contributed by atoms with Crippen LogP contribution < -0.4 is 5.32 Å². The van der Waals surface area contributed by atoms with E-state index in [1.165, 1.54) is 0 Å². The molecule has 0 saturated carbocycles. The summed E-state index contributed by atoms with van der Waals surface area (Å²) in [4.78, 5) is 10.7. The maximum atomic E-state index is 10.7. The van der Waals surface area contributed by atoms with Gasteiger partial charge in [0.05, 0.1) is 0 Å². The van der Waals surface area contributed by atoms with Crippen LogP contribution in [0.5, 0.6) is 0 Å². The van der Waals surface area contributed by atoms with Crippen molar-refractivity contribution >= 4 is 23.2 Å². The van der Waals surface area contributed by atoms with Gasteiger partial charge in [-0.25, -0.2) is 0 Å². The number of hydrogen-bond donors (Lipinski definition) is 1. The fourth-order valence-corrected chi connectivity index (χ4v) is 0.783. The largest absolute Gasteiger partial charge is 0.325 e. The smallest absolute Gasteiger partial charge is 0.239 e. The van der Waals surface area contributed by atoms with Crippen molar-refractivity contribution < 1.29 is 4.79 Å². The molecule has 2 nitrogen and oxygen atoms in total. The van der Waals surface area contributed by atoms with Gasteiger partial charge in [-0.05, 0) is 12.1 Å². The van der Waals surface area contributed by atoms with E-state index in [1.807, 2.05) is 30.3 Å². The molecule has 0 aliphatic rings. The van der Waals surface area contributed by atoms with Gasteiger partial charge in [0.15, 0.2) is 0 Å². The molecular weight excluding hydrogens is 168 g/mol. The van der Waals surface area contributed by atoms with E-state index in [0.29, 0.717) is 0 Å². The number of benzene rings is 1. The first-order valence-electron chi connectivity index (χ1n) is 3.24. The summed E-state index contributed by atoms with van der Waals surface area (Å²) in [6, 6.07) is 9.21. The molecule has 0 atom stereocenters. The Morgan fingerprint density at radius 1 is 1.36 bits per heavy atom. The number of halogens is 1. The second-order valence-corrected chi connectivity index (χ2v) is 2.32. The first-order chi connectivity index (χ1) is 5.33. The normalized spacial score (nSPS) is 9.18. The van der Waals surface area contributed by atoms with Crippen molar-refractivity contribution in [1.29, 1.82) is 0 Å². The zero-order valence-corrected chi connectivity index (χ0v) is 6.64. The summed E-state index contributed by atoms with van der Waals surface area (Å²) < 4.78 is 0. The number of carbonyl (C=O) groups excluding carboxylic acids is 1. The molecule has 1 amide bonds. The molecule has 0 saturated heterocycles. The van der Waals surface area contributed by atoms with Crippen LogP contribution in [0, 0.1) is 0 Å². The summed E-state index contributed by atoms with van der Waals surface area (Å²) in [5, 5.41) is 2.62. The number of amides is 1. The lowest BCUT2D eigenvalue weighted by Gasteiger charge is -2.00. The molecule has 0 unspecified atom stereocenters. The van der Waals surface area contributed by atoms with Gasteiger partial charge in [0, 0.05) is 5.69 Å². The van der Waals surface area contributed by atoms with Gasteiger partial charge in [-0.1, -0.05) is 18.2 Å². The Hall–Kier alpha value is -1.02. The maximum absolute atomic E-state index is 10.7. The lowest BCUT2D eigenvalue weighted by atomic mass is 10.7. The first-order valence-corrected chi connectivity index (χ1v) is 3.77. The van der Waals surface area contributed by atoms with Crippen molar-refractivity contribution in [3.05, 3.63) is 30.3 Å². The lowest BCUT2D eigenvalue weighted by Crippen LogP contribution is -2.12. The molecule has 0 spiro atoms. The van der Waals surface area contributed by atoms with Gasteiger partial charge in [0.2, 0.25) is 5.91 Å². The van der Waals surface area contributed by atoms with Gasteiger partial charge in [-0.3, -0.25) is 4.79 Å². The van der Waals surface area contributed by atoms with E-state index in [-0.39, 0.29) is 11.8 Å². The summed E-state index contributed by atoms with van der Waals surface area (Å²) in [6.45, 7) is 0. The summed E-state index contributed by atoms with van der Waals surface area (Å²) in [5.41, 5.74) is 0.776. The average Bonchev–Trinajstić information content (AvgIpc) is 2.06. The summed E-state index contributed by atoms with van der Waals surface area (Å²) in [5.74, 6) is -0.188. The number of anilines is 1. The molecule has 1 N–H and O–H groups in total. The Balaban J connectivity index is 2.58. The molecule has 0 bridgehead atoms. The zero-order chi connectivity index (χ0) is 8.10. The van der Waals surface area contributed by atoms with Crippen molar-refractivity contribution in [3.8, 4) is 0 Å². The standard InChI is InChI=1S/C8H8ClNO/c9-6-8(11)10-7-4-2-1-3-5-7/h1-5H,6H2,(H,10,11)/i1+1,2+1,3+1,4+1,5+1,7+1. The van der Waals surface area contributed by atoms with Crippen molar-refractivity contribution in [2.24, 2.45) is 0 Å². The zero-order valence-electron chi connectivity index (χ0n) is 5.88. The molecule has 1 aromatic rings. The van der Waals surface area contributed by atoms with Gasteiger partial charge in [0.25, 0.3) is 0 Å². The average molecular weight is 176 g/mol. The second kappa shape index (κ2) is 3.98. The van der Waals surface area contributed by atoms with Crippen molar-refractivity contribution in [2.75, 3.05) is 11.2 Å². The molecule has 0 fully saturated rings. The van der Waals surface area contributed by atoms with Gasteiger partial charge in [-0.2, -0.15) is 0 Å². The molecular formula is C8H8ClNO. The minimum Gasteiger partial charge on any atom is -0.325 e. The van der Waals surface area contributed by atoms with Crippen LogP contribution in [0.1, 0.15) is 0 Å². The molecule has 0 radical (unpaired) electrons. The number of hydrogen-bond acceptors (Lipinski definition) is 1. The SMILES string of the molecule is O=C(CCl)N[13c]1[13cH][13cH][13cH][13cH][13cH]1. The predicted molar refractivity (Wildman–Crippen MR) is 45.8 cm³/mol. The van der Waals surface area contributed by atoms with Gasteiger partial charge >= 0.3 is 0 Å². The Labute approximate surface area is 70.2 Å². The first kappa shape index (κ1) is 8.08. The van der Waals surface area contributed by atoms with E-state index in [9.17, 15) is 4.79 Å². The maximum Gasteiger partial charge on any atom is 0.239 e. The van der Waals surface area contributed by atoms with E-state index >= 15 is 0 Å². The highest BCUT2D eigenvalue weighted by atomic mass is 35.5. The van der Waals surface area contributed by atoms with E-state index in [2.05, 4.69) is 5.32 Å². The third-order valence-electron chi connectivity index (χ3n) is 1.18. The van der Waals surface area contributed by atoms with E-state index in [4.69, 9.17) is 11.6 Å². The second-order valence-electron chi connectivity index (χ2n) is 2.05.